The van der Waals surface area contributed by atoms with E-state index in [4.69, 9.17) is 0 Å². The van der Waals surface area contributed by atoms with E-state index in [1.807, 2.05) is 0 Å². The summed E-state index contributed by atoms with van der Waals surface area (Å²) in [5.41, 5.74) is 0.294. The lowest BCUT2D eigenvalue weighted by molar-refractivity contribution is -0.384. The molecule has 9 nitrogen and oxygen atoms in total. The maximum absolute atomic E-state index is 12.5. The van der Waals surface area contributed by atoms with E-state index in [-0.39, 0.29) is 11.4 Å². The number of urea groups is 1. The molecule has 9 heteroatoms. The highest BCUT2D eigenvalue weighted by Gasteiger charge is 2.49. The molecule has 1 aliphatic heterocycles. The van der Waals surface area contributed by atoms with Crippen molar-refractivity contribution in [1.29, 1.82) is 0 Å². The number of hydrogen-bond acceptors (Lipinski definition) is 5. The number of nitro groups is 1. The molecule has 0 aliphatic carbocycles. The Morgan fingerprint density at radius 3 is 2.31 bits per heavy atom. The molecule has 0 spiro atoms. The molecule has 0 atom stereocenters. The average Bonchev–Trinajstić information content (AvgIpc) is 2.82. The molecule has 26 heavy (non-hydrogen) atoms. The third-order valence-electron chi connectivity index (χ3n) is 4.84. The van der Waals surface area contributed by atoms with Crippen LogP contribution in [0.15, 0.2) is 12.1 Å². The Bertz CT molecular complexity index is 786. The van der Waals surface area contributed by atoms with Crippen molar-refractivity contribution in [3.8, 4) is 0 Å². The molecule has 1 saturated heterocycles. The first-order valence-corrected chi connectivity index (χ1v) is 8.34. The normalized spacial score (nSPS) is 15.8. The van der Waals surface area contributed by atoms with Gasteiger partial charge in [0.25, 0.3) is 11.6 Å². The summed E-state index contributed by atoms with van der Waals surface area (Å²) in [6.07, 6.45) is 0.823. The van der Waals surface area contributed by atoms with Crippen molar-refractivity contribution in [2.45, 2.75) is 46.1 Å². The molecule has 140 valence electrons. The van der Waals surface area contributed by atoms with Crippen LogP contribution in [0.2, 0.25) is 0 Å². The van der Waals surface area contributed by atoms with Crippen LogP contribution in [0.25, 0.3) is 0 Å². The lowest BCUT2D eigenvalue weighted by atomic mass is 9.93. The van der Waals surface area contributed by atoms with Gasteiger partial charge in [-0.1, -0.05) is 13.8 Å². The van der Waals surface area contributed by atoms with Crippen LogP contribution in [-0.4, -0.2) is 39.8 Å². The van der Waals surface area contributed by atoms with Crippen LogP contribution in [0, 0.1) is 24.0 Å². The Morgan fingerprint density at radius 2 is 1.81 bits per heavy atom. The second-order valence-electron chi connectivity index (χ2n) is 6.37. The van der Waals surface area contributed by atoms with Crippen molar-refractivity contribution in [3.63, 3.8) is 0 Å². The minimum atomic E-state index is -0.996. The highest BCUT2D eigenvalue weighted by atomic mass is 16.6. The van der Waals surface area contributed by atoms with E-state index in [0.717, 1.165) is 16.0 Å². The van der Waals surface area contributed by atoms with Crippen molar-refractivity contribution in [2.75, 3.05) is 11.9 Å². The lowest BCUT2D eigenvalue weighted by Gasteiger charge is -2.23. The highest BCUT2D eigenvalue weighted by molar-refractivity contribution is 6.10. The number of anilines is 1. The van der Waals surface area contributed by atoms with E-state index >= 15 is 0 Å². The minimum Gasteiger partial charge on any atom is -0.323 e. The van der Waals surface area contributed by atoms with Crippen LogP contribution < -0.4 is 10.6 Å². The first kappa shape index (κ1) is 19.4. The van der Waals surface area contributed by atoms with Gasteiger partial charge >= 0.3 is 6.03 Å². The molecular weight excluding hydrogens is 340 g/mol. The molecule has 0 aromatic heterocycles. The fourth-order valence-electron chi connectivity index (χ4n) is 2.93. The van der Waals surface area contributed by atoms with Crippen molar-refractivity contribution >= 4 is 29.2 Å². The van der Waals surface area contributed by atoms with E-state index in [1.165, 1.54) is 12.1 Å². The van der Waals surface area contributed by atoms with Crippen molar-refractivity contribution in [3.05, 3.63) is 33.4 Å². The van der Waals surface area contributed by atoms with Gasteiger partial charge in [-0.2, -0.15) is 0 Å². The summed E-state index contributed by atoms with van der Waals surface area (Å²) in [5.74, 6) is -1.14. The van der Waals surface area contributed by atoms with Crippen LogP contribution >= 0.6 is 0 Å². The molecule has 2 rings (SSSR count). The Labute approximate surface area is 150 Å². The Morgan fingerprint density at radius 1 is 1.23 bits per heavy atom. The number of imide groups is 1. The monoisotopic (exact) mass is 362 g/mol. The summed E-state index contributed by atoms with van der Waals surface area (Å²) >= 11 is 0. The zero-order valence-electron chi connectivity index (χ0n) is 15.2. The zero-order valence-corrected chi connectivity index (χ0v) is 15.2. The maximum Gasteiger partial charge on any atom is 0.325 e. The summed E-state index contributed by atoms with van der Waals surface area (Å²) in [5, 5.41) is 16.3. The Balaban J connectivity index is 2.20. The molecule has 1 heterocycles. The largest absolute Gasteiger partial charge is 0.325 e. The van der Waals surface area contributed by atoms with Gasteiger partial charge in [0.2, 0.25) is 5.91 Å². The first-order valence-electron chi connectivity index (χ1n) is 8.34. The van der Waals surface area contributed by atoms with Crippen LogP contribution in [0.1, 0.15) is 37.8 Å². The van der Waals surface area contributed by atoms with Gasteiger partial charge in [0.15, 0.2) is 0 Å². The standard InChI is InChI=1S/C17H22N4O5/c1-5-17(6-2)15(23)20(16(24)19-17)9-14(22)18-12-7-10(3)11(4)8-13(12)21(25)26/h7-8H,5-6,9H2,1-4H3,(H,18,22)(H,19,24). The summed E-state index contributed by atoms with van der Waals surface area (Å²) in [6, 6.07) is 2.24. The second kappa shape index (κ2) is 7.11. The van der Waals surface area contributed by atoms with Crippen LogP contribution in [-0.2, 0) is 9.59 Å². The SMILES string of the molecule is CCC1(CC)NC(=O)N(CC(=O)Nc2cc(C)c(C)cc2[N+](=O)[O-])C1=O. The van der Waals surface area contributed by atoms with E-state index in [1.54, 1.807) is 27.7 Å². The number of nitrogens with zero attached hydrogens (tertiary/aromatic N) is 2. The molecule has 1 aromatic carbocycles. The van der Waals surface area contributed by atoms with E-state index in [2.05, 4.69) is 10.6 Å². The molecule has 1 aromatic rings. The minimum absolute atomic E-state index is 0.0346. The third-order valence-corrected chi connectivity index (χ3v) is 4.84. The number of rotatable bonds is 6. The summed E-state index contributed by atoms with van der Waals surface area (Å²) in [6.45, 7) is 6.56. The van der Waals surface area contributed by atoms with Gasteiger partial charge in [-0.25, -0.2) is 4.79 Å². The van der Waals surface area contributed by atoms with Crippen LogP contribution in [0.5, 0.6) is 0 Å². The van der Waals surface area contributed by atoms with Gasteiger partial charge < -0.3 is 10.6 Å². The highest BCUT2D eigenvalue weighted by Crippen LogP contribution is 2.28. The van der Waals surface area contributed by atoms with E-state index < -0.39 is 34.9 Å². The van der Waals surface area contributed by atoms with Crippen molar-refractivity contribution in [1.82, 2.24) is 10.2 Å². The van der Waals surface area contributed by atoms with Gasteiger partial charge in [-0.3, -0.25) is 24.6 Å². The number of carbonyl (C=O) groups excluding carboxylic acids is 3. The fraction of sp³-hybridized carbons (Fsp3) is 0.471. The molecule has 0 radical (unpaired) electrons. The van der Waals surface area contributed by atoms with Crippen molar-refractivity contribution in [2.24, 2.45) is 0 Å². The number of nitro benzene ring substituents is 1. The smallest absolute Gasteiger partial charge is 0.323 e. The van der Waals surface area contributed by atoms with Gasteiger partial charge in [0.05, 0.1) is 4.92 Å². The molecule has 0 unspecified atom stereocenters. The zero-order chi connectivity index (χ0) is 19.6. The topological polar surface area (TPSA) is 122 Å². The second-order valence-corrected chi connectivity index (χ2v) is 6.37. The number of hydrogen-bond donors (Lipinski definition) is 2. The summed E-state index contributed by atoms with van der Waals surface area (Å²) < 4.78 is 0. The quantitative estimate of drug-likeness (QED) is 0.457. The third kappa shape index (κ3) is 3.37. The van der Waals surface area contributed by atoms with Crippen LogP contribution in [0.4, 0.5) is 16.2 Å². The predicted molar refractivity (Wildman–Crippen MR) is 94.8 cm³/mol. The van der Waals surface area contributed by atoms with Gasteiger partial charge in [-0.05, 0) is 43.9 Å². The maximum atomic E-state index is 12.5. The van der Waals surface area contributed by atoms with Gasteiger partial charge in [0, 0.05) is 6.07 Å². The average molecular weight is 362 g/mol. The van der Waals surface area contributed by atoms with Gasteiger partial charge in [0.1, 0.15) is 17.8 Å². The van der Waals surface area contributed by atoms with Gasteiger partial charge in [-0.15, -0.1) is 0 Å². The summed E-state index contributed by atoms with van der Waals surface area (Å²) in [7, 11) is 0. The number of amides is 4. The molecular formula is C17H22N4O5. The number of aryl methyl sites for hydroxylation is 2. The number of benzene rings is 1. The van der Waals surface area contributed by atoms with E-state index in [9.17, 15) is 24.5 Å². The molecule has 4 amide bonds. The molecule has 0 saturated carbocycles. The van der Waals surface area contributed by atoms with E-state index in [0.29, 0.717) is 12.8 Å². The lowest BCUT2D eigenvalue weighted by Crippen LogP contribution is -2.46. The van der Waals surface area contributed by atoms with Crippen molar-refractivity contribution < 1.29 is 19.3 Å². The van der Waals surface area contributed by atoms with Crippen LogP contribution in [0.3, 0.4) is 0 Å². The Hall–Kier alpha value is -2.97. The molecule has 1 aliphatic rings. The summed E-state index contributed by atoms with van der Waals surface area (Å²) in [4.78, 5) is 48.4. The Kier molecular flexibility index (Phi) is 5.29. The molecule has 1 fully saturated rings. The molecule has 0 bridgehead atoms. The number of nitrogens with one attached hydrogen (secondary N) is 2. The first-order chi connectivity index (χ1) is 12.1. The molecule has 2 N–H and O–H groups in total. The fourth-order valence-corrected chi connectivity index (χ4v) is 2.93. The predicted octanol–water partition coefficient (Wildman–Crippen LogP) is 2.26. The number of carbonyl (C=O) groups is 3.